The molecule has 2 aliphatic heterocycles. The number of aryl methyl sites for hydroxylation is 4. The molecule has 2 aliphatic rings. The lowest BCUT2D eigenvalue weighted by molar-refractivity contribution is -0.124. The fourth-order valence-corrected chi connectivity index (χ4v) is 4.02. The number of anilines is 2. The summed E-state index contributed by atoms with van der Waals surface area (Å²) in [4.78, 5) is 38.6. The molecule has 162 valence electrons. The van der Waals surface area contributed by atoms with Gasteiger partial charge in [0.25, 0.3) is 5.91 Å². The number of piperazine rings is 1. The highest BCUT2D eigenvalue weighted by Gasteiger charge is 2.31. The minimum absolute atomic E-state index is 0.0791. The van der Waals surface area contributed by atoms with Crippen LogP contribution in [0.25, 0.3) is 0 Å². The third-order valence-corrected chi connectivity index (χ3v) is 5.72. The average molecular weight is 421 g/mol. The first-order valence-electron chi connectivity index (χ1n) is 10.7. The number of amides is 2. The van der Waals surface area contributed by atoms with Crippen molar-refractivity contribution in [2.75, 3.05) is 36.1 Å². The fourth-order valence-electron chi connectivity index (χ4n) is 4.02. The molecular weight excluding hydrogens is 392 g/mol. The molecule has 8 nitrogen and oxygen atoms in total. The molecular formula is C23H28N6O2. The quantitative estimate of drug-likeness (QED) is 0.762. The molecule has 2 amide bonds. The second-order valence-electron chi connectivity index (χ2n) is 8.24. The summed E-state index contributed by atoms with van der Waals surface area (Å²) in [6.45, 7) is 10.4. The molecule has 1 aromatic heterocycles. The molecule has 0 radical (unpaired) electrons. The average Bonchev–Trinajstić information content (AvgIpc) is 2.75. The van der Waals surface area contributed by atoms with Crippen LogP contribution in [0.1, 0.15) is 35.5 Å². The van der Waals surface area contributed by atoms with Crippen LogP contribution in [0.15, 0.2) is 29.4 Å². The van der Waals surface area contributed by atoms with Crippen LogP contribution in [0, 0.1) is 27.7 Å². The third kappa shape index (κ3) is 4.42. The van der Waals surface area contributed by atoms with Gasteiger partial charge in [0.2, 0.25) is 5.91 Å². The Kier molecular flexibility index (Phi) is 5.71. The summed E-state index contributed by atoms with van der Waals surface area (Å²) in [6.07, 6.45) is 0.668. The minimum atomic E-state index is -0.0856. The Balaban J connectivity index is 1.48. The first kappa shape index (κ1) is 21.0. The maximum atomic E-state index is 13.2. The van der Waals surface area contributed by atoms with E-state index in [9.17, 15) is 9.59 Å². The Labute approximate surface area is 182 Å². The molecule has 0 N–H and O–H groups in total. The molecule has 8 heteroatoms. The summed E-state index contributed by atoms with van der Waals surface area (Å²) in [6, 6.07) is 7.89. The van der Waals surface area contributed by atoms with Gasteiger partial charge in [-0.25, -0.2) is 15.0 Å². The van der Waals surface area contributed by atoms with Crippen LogP contribution in [-0.2, 0) is 9.59 Å². The van der Waals surface area contributed by atoms with Crippen molar-refractivity contribution in [1.29, 1.82) is 0 Å². The molecule has 4 rings (SSSR count). The number of nitrogens with zero attached hydrogens (tertiary/aromatic N) is 6. The van der Waals surface area contributed by atoms with Gasteiger partial charge in [0.1, 0.15) is 17.4 Å². The van der Waals surface area contributed by atoms with Gasteiger partial charge in [0, 0.05) is 50.8 Å². The zero-order valence-corrected chi connectivity index (χ0v) is 18.6. The molecule has 3 heterocycles. The van der Waals surface area contributed by atoms with E-state index in [2.05, 4.69) is 20.0 Å². The third-order valence-electron chi connectivity index (χ3n) is 5.72. The lowest BCUT2D eigenvalue weighted by atomic mass is 10.1. The summed E-state index contributed by atoms with van der Waals surface area (Å²) in [7, 11) is 0. The van der Waals surface area contributed by atoms with E-state index < -0.39 is 0 Å². The molecule has 0 bridgehead atoms. The molecule has 0 aliphatic carbocycles. The van der Waals surface area contributed by atoms with Crippen molar-refractivity contribution in [2.45, 2.75) is 40.5 Å². The van der Waals surface area contributed by atoms with Crippen molar-refractivity contribution in [2.24, 2.45) is 5.10 Å². The van der Waals surface area contributed by atoms with Crippen LogP contribution in [0.2, 0.25) is 0 Å². The largest absolute Gasteiger partial charge is 0.353 e. The van der Waals surface area contributed by atoms with E-state index in [1.54, 1.807) is 0 Å². The van der Waals surface area contributed by atoms with Crippen molar-refractivity contribution in [1.82, 2.24) is 14.9 Å². The molecule has 1 saturated heterocycles. The SMILES string of the molecule is Cc1ccc(C)c(N2N=C(C(=O)N3CCN(c4cc(C)nc(C)n4)CC3)CCC2=O)c1. The molecule has 0 spiro atoms. The van der Waals surface area contributed by atoms with E-state index in [0.717, 1.165) is 34.2 Å². The van der Waals surface area contributed by atoms with Crippen LogP contribution < -0.4 is 9.91 Å². The Bertz CT molecular complexity index is 1040. The van der Waals surface area contributed by atoms with Crippen molar-refractivity contribution in [3.8, 4) is 0 Å². The summed E-state index contributed by atoms with van der Waals surface area (Å²) < 4.78 is 0. The van der Waals surface area contributed by atoms with Gasteiger partial charge >= 0.3 is 0 Å². The first-order chi connectivity index (χ1) is 14.8. The number of hydrazone groups is 1. The number of rotatable bonds is 3. The van der Waals surface area contributed by atoms with E-state index in [4.69, 9.17) is 0 Å². The van der Waals surface area contributed by atoms with Gasteiger partial charge in [-0.05, 0) is 44.9 Å². The summed E-state index contributed by atoms with van der Waals surface area (Å²) >= 11 is 0. The Morgan fingerprint density at radius 1 is 0.935 bits per heavy atom. The second-order valence-corrected chi connectivity index (χ2v) is 8.24. The number of hydrogen-bond acceptors (Lipinski definition) is 6. The predicted octanol–water partition coefficient (Wildman–Crippen LogP) is 2.54. The Morgan fingerprint density at radius 2 is 1.68 bits per heavy atom. The monoisotopic (exact) mass is 420 g/mol. The zero-order chi connectivity index (χ0) is 22.1. The topological polar surface area (TPSA) is 82.0 Å². The molecule has 1 aromatic carbocycles. The van der Waals surface area contributed by atoms with E-state index in [-0.39, 0.29) is 18.2 Å². The Morgan fingerprint density at radius 3 is 2.39 bits per heavy atom. The highest BCUT2D eigenvalue weighted by Crippen LogP contribution is 2.26. The van der Waals surface area contributed by atoms with Crippen molar-refractivity contribution in [3.05, 3.63) is 46.9 Å². The molecule has 31 heavy (non-hydrogen) atoms. The molecule has 2 aromatic rings. The number of aromatic nitrogens is 2. The van der Waals surface area contributed by atoms with E-state index in [0.29, 0.717) is 38.3 Å². The smallest absolute Gasteiger partial charge is 0.270 e. The van der Waals surface area contributed by atoms with Crippen LogP contribution in [0.5, 0.6) is 0 Å². The van der Waals surface area contributed by atoms with E-state index >= 15 is 0 Å². The van der Waals surface area contributed by atoms with Gasteiger partial charge < -0.3 is 9.80 Å². The lowest BCUT2D eigenvalue weighted by Gasteiger charge is -2.36. The van der Waals surface area contributed by atoms with Crippen LogP contribution in [0.3, 0.4) is 0 Å². The number of carbonyl (C=O) groups is 2. The Hall–Kier alpha value is -3.29. The fraction of sp³-hybridized carbons (Fsp3) is 0.435. The normalized spacial score (nSPS) is 17.1. The van der Waals surface area contributed by atoms with Crippen molar-refractivity contribution in [3.63, 3.8) is 0 Å². The highest BCUT2D eigenvalue weighted by molar-refractivity contribution is 6.40. The summed E-state index contributed by atoms with van der Waals surface area (Å²) in [5, 5.41) is 5.89. The molecule has 0 atom stereocenters. The number of carbonyl (C=O) groups excluding carboxylic acids is 2. The standard InChI is InChI=1S/C23H28N6O2/c1-15-5-6-16(2)20(13-15)29-22(30)8-7-19(26-29)23(31)28-11-9-27(10-12-28)21-14-17(3)24-18(4)25-21/h5-6,13-14H,7-12H2,1-4H3. The van der Waals surface area contributed by atoms with Crippen LogP contribution in [-0.4, -0.2) is 58.6 Å². The van der Waals surface area contributed by atoms with Gasteiger partial charge in [-0.1, -0.05) is 12.1 Å². The van der Waals surface area contributed by atoms with Crippen LogP contribution in [0.4, 0.5) is 11.5 Å². The maximum absolute atomic E-state index is 13.2. The highest BCUT2D eigenvalue weighted by atomic mass is 16.2. The van der Waals surface area contributed by atoms with E-state index in [1.165, 1.54) is 5.01 Å². The van der Waals surface area contributed by atoms with Gasteiger partial charge in [0.15, 0.2) is 0 Å². The number of benzene rings is 1. The van der Waals surface area contributed by atoms with Gasteiger partial charge in [0.05, 0.1) is 5.69 Å². The van der Waals surface area contributed by atoms with Crippen LogP contribution >= 0.6 is 0 Å². The lowest BCUT2D eigenvalue weighted by Crippen LogP contribution is -2.51. The summed E-state index contributed by atoms with van der Waals surface area (Å²) in [5.74, 6) is 1.49. The van der Waals surface area contributed by atoms with Crippen molar-refractivity contribution < 1.29 is 9.59 Å². The number of hydrogen-bond donors (Lipinski definition) is 0. The maximum Gasteiger partial charge on any atom is 0.270 e. The minimum Gasteiger partial charge on any atom is -0.353 e. The first-order valence-corrected chi connectivity index (χ1v) is 10.7. The van der Waals surface area contributed by atoms with Gasteiger partial charge in [-0.3, -0.25) is 9.59 Å². The van der Waals surface area contributed by atoms with Gasteiger partial charge in [-0.2, -0.15) is 5.10 Å². The molecule has 1 fully saturated rings. The van der Waals surface area contributed by atoms with Gasteiger partial charge in [-0.15, -0.1) is 0 Å². The molecule has 0 saturated carbocycles. The summed E-state index contributed by atoms with van der Waals surface area (Å²) in [5.41, 5.74) is 4.14. The zero-order valence-electron chi connectivity index (χ0n) is 18.6. The predicted molar refractivity (Wildman–Crippen MR) is 120 cm³/mol. The second kappa shape index (κ2) is 8.45. The molecule has 0 unspecified atom stereocenters. The van der Waals surface area contributed by atoms with E-state index in [1.807, 2.05) is 56.9 Å². The van der Waals surface area contributed by atoms with Crippen molar-refractivity contribution >= 4 is 29.0 Å².